The maximum atomic E-state index is 14.0. The van der Waals surface area contributed by atoms with Crippen molar-refractivity contribution in [3.63, 3.8) is 0 Å². The number of para-hydroxylation sites is 3. The van der Waals surface area contributed by atoms with E-state index in [9.17, 15) is 9.18 Å². The number of anilines is 2. The van der Waals surface area contributed by atoms with E-state index < -0.39 is 11.8 Å². The standard InChI is InChI=1S/C33H24ClFN6O2/c1-19-28-29(20-12-14-21(15-13-20)33(42)43-2)40-27-11-7-6-10-26(27)37-30(36-22-16-17-25(35)24(34)18-22)32(40)38-31(28)41(39-19)23-8-4-3-5-9-23/h3-18,29H,1-2H3,(H,36,37)/t29-/m0/s1. The molecule has 1 aromatic heterocycles. The summed E-state index contributed by atoms with van der Waals surface area (Å²) in [5.74, 6) is 0.740. The fourth-order valence-corrected chi connectivity index (χ4v) is 5.67. The van der Waals surface area contributed by atoms with Gasteiger partial charge in [0.2, 0.25) is 0 Å². The Labute approximate surface area is 251 Å². The zero-order valence-electron chi connectivity index (χ0n) is 23.1. The van der Waals surface area contributed by atoms with Crippen LogP contribution in [0.2, 0.25) is 5.02 Å². The lowest BCUT2D eigenvalue weighted by Gasteiger charge is -2.40. The number of nitrogens with one attached hydrogen (secondary N) is 1. The lowest BCUT2D eigenvalue weighted by Crippen LogP contribution is -2.46. The van der Waals surface area contributed by atoms with Gasteiger partial charge in [0.25, 0.3) is 0 Å². The molecule has 0 unspecified atom stereocenters. The summed E-state index contributed by atoms with van der Waals surface area (Å²) in [5, 5.41) is 8.25. The lowest BCUT2D eigenvalue weighted by molar-refractivity contribution is 0.0600. The van der Waals surface area contributed by atoms with E-state index in [4.69, 9.17) is 31.4 Å². The lowest BCUT2D eigenvalue weighted by atomic mass is 9.92. The van der Waals surface area contributed by atoms with E-state index in [-0.39, 0.29) is 11.1 Å². The van der Waals surface area contributed by atoms with E-state index in [1.165, 1.54) is 19.2 Å². The minimum Gasteiger partial charge on any atom is -0.465 e. The van der Waals surface area contributed by atoms with Gasteiger partial charge in [0, 0.05) is 11.3 Å². The van der Waals surface area contributed by atoms with Crippen LogP contribution in [0.1, 0.15) is 33.2 Å². The molecular formula is C33H24ClFN6O2. The predicted molar refractivity (Wildman–Crippen MR) is 166 cm³/mol. The van der Waals surface area contributed by atoms with Crippen molar-refractivity contribution in [3.8, 4) is 5.69 Å². The van der Waals surface area contributed by atoms with Gasteiger partial charge in [-0.2, -0.15) is 5.10 Å². The average molecular weight is 591 g/mol. The number of fused-ring (bicyclic) bond motifs is 4. The second kappa shape index (κ2) is 10.5. The number of nitrogens with zero attached hydrogens (tertiary/aromatic N) is 5. The number of carbonyl (C=O) groups is 1. The maximum Gasteiger partial charge on any atom is 0.337 e. The quantitative estimate of drug-likeness (QED) is 0.218. The average Bonchev–Trinajstić information content (AvgIpc) is 3.37. The number of esters is 1. The first kappa shape index (κ1) is 26.6. The largest absolute Gasteiger partial charge is 0.465 e. The zero-order valence-corrected chi connectivity index (χ0v) is 23.9. The van der Waals surface area contributed by atoms with Gasteiger partial charge in [-0.15, -0.1) is 0 Å². The summed E-state index contributed by atoms with van der Waals surface area (Å²) in [6.45, 7) is 1.97. The molecule has 0 radical (unpaired) electrons. The highest BCUT2D eigenvalue weighted by molar-refractivity contribution is 6.51. The number of amidine groups is 2. The normalized spacial score (nSPS) is 15.1. The Hall–Kier alpha value is -5.28. The Balaban J connectivity index is 1.47. The number of halogens is 2. The molecule has 7 rings (SSSR count). The van der Waals surface area contributed by atoms with Crippen LogP contribution in [0.3, 0.4) is 0 Å². The van der Waals surface area contributed by atoms with E-state index in [0.29, 0.717) is 28.7 Å². The number of aromatic nitrogens is 2. The van der Waals surface area contributed by atoms with Gasteiger partial charge in [-0.25, -0.2) is 23.9 Å². The third-order valence-electron chi connectivity index (χ3n) is 7.47. The molecule has 0 spiro atoms. The highest BCUT2D eigenvalue weighted by Gasteiger charge is 2.41. The second-order valence-electron chi connectivity index (χ2n) is 10.1. The van der Waals surface area contributed by atoms with Gasteiger partial charge >= 0.3 is 5.97 Å². The molecule has 0 saturated heterocycles. The van der Waals surface area contributed by atoms with Crippen LogP contribution in [0.15, 0.2) is 107 Å². The van der Waals surface area contributed by atoms with Crippen LogP contribution in [0.4, 0.5) is 27.3 Å². The van der Waals surface area contributed by atoms with Gasteiger partial charge in [0.1, 0.15) is 5.82 Å². The van der Waals surface area contributed by atoms with Crippen LogP contribution in [-0.2, 0) is 4.74 Å². The van der Waals surface area contributed by atoms with Gasteiger partial charge in [-0.05, 0) is 67.1 Å². The van der Waals surface area contributed by atoms with E-state index in [0.717, 1.165) is 33.9 Å². The number of carbonyl (C=O) groups excluding carboxylic acids is 1. The van der Waals surface area contributed by atoms with Gasteiger partial charge in [0.15, 0.2) is 17.5 Å². The van der Waals surface area contributed by atoms with Crippen molar-refractivity contribution in [1.29, 1.82) is 0 Å². The molecule has 43 heavy (non-hydrogen) atoms. The van der Waals surface area contributed by atoms with Crippen molar-refractivity contribution in [1.82, 2.24) is 9.78 Å². The van der Waals surface area contributed by atoms with E-state index >= 15 is 0 Å². The Morgan fingerprint density at radius 3 is 2.44 bits per heavy atom. The molecule has 8 nitrogen and oxygen atoms in total. The Morgan fingerprint density at radius 1 is 0.953 bits per heavy atom. The molecule has 1 N–H and O–H groups in total. The second-order valence-corrected chi connectivity index (χ2v) is 10.5. The topological polar surface area (TPSA) is 84.1 Å². The number of hydrogen-bond acceptors (Lipinski definition) is 7. The number of methoxy groups -OCH3 is 1. The Bertz CT molecular complexity index is 1950. The van der Waals surface area contributed by atoms with Crippen LogP contribution in [0, 0.1) is 12.7 Å². The first-order chi connectivity index (χ1) is 20.9. The molecule has 3 heterocycles. The molecule has 0 bridgehead atoms. The van der Waals surface area contributed by atoms with E-state index in [1.807, 2.05) is 78.3 Å². The predicted octanol–water partition coefficient (Wildman–Crippen LogP) is 7.56. The minimum absolute atomic E-state index is 0.00659. The van der Waals surface area contributed by atoms with Crippen molar-refractivity contribution in [2.24, 2.45) is 9.98 Å². The number of benzene rings is 4. The van der Waals surface area contributed by atoms with E-state index in [1.54, 1.807) is 18.2 Å². The summed E-state index contributed by atoms with van der Waals surface area (Å²) in [7, 11) is 1.36. The summed E-state index contributed by atoms with van der Waals surface area (Å²) >= 11 is 6.12. The maximum absolute atomic E-state index is 14.0. The summed E-state index contributed by atoms with van der Waals surface area (Å²) < 4.78 is 20.8. The van der Waals surface area contributed by atoms with Crippen LogP contribution in [-0.4, -0.2) is 34.5 Å². The van der Waals surface area contributed by atoms with Crippen molar-refractivity contribution in [2.45, 2.75) is 13.0 Å². The fraction of sp³-hybridized carbons (Fsp3) is 0.0909. The van der Waals surface area contributed by atoms with Gasteiger partial charge in [0.05, 0.1) is 46.5 Å². The van der Waals surface area contributed by atoms with Gasteiger partial charge in [-0.1, -0.05) is 54.1 Å². The van der Waals surface area contributed by atoms with E-state index in [2.05, 4.69) is 10.2 Å². The molecule has 0 saturated carbocycles. The molecule has 4 aromatic carbocycles. The summed E-state index contributed by atoms with van der Waals surface area (Å²) in [5.41, 5.74) is 6.08. The summed E-state index contributed by atoms with van der Waals surface area (Å²) in [6, 6.07) is 29.0. The molecule has 2 aliphatic heterocycles. The SMILES string of the molecule is COC(=O)c1ccc([C@H]2c3c(C)nn(-c4ccccc4)c3N=C3C(Nc4ccc(F)c(Cl)c4)=Nc4ccccc4N32)cc1. The molecule has 0 aliphatic carbocycles. The number of aryl methyl sites for hydroxylation is 1. The Kier molecular flexibility index (Phi) is 6.51. The number of rotatable bonds is 4. The monoisotopic (exact) mass is 590 g/mol. The molecule has 1 atom stereocenters. The first-order valence-electron chi connectivity index (χ1n) is 13.5. The highest BCUT2D eigenvalue weighted by Crippen LogP contribution is 2.48. The zero-order chi connectivity index (χ0) is 29.7. The molecule has 2 aliphatic rings. The molecule has 10 heteroatoms. The fourth-order valence-electron chi connectivity index (χ4n) is 5.49. The smallest absolute Gasteiger partial charge is 0.337 e. The minimum atomic E-state index is -0.512. The molecule has 0 fully saturated rings. The Morgan fingerprint density at radius 2 is 1.70 bits per heavy atom. The first-order valence-corrected chi connectivity index (χ1v) is 13.9. The van der Waals surface area contributed by atoms with Crippen LogP contribution < -0.4 is 10.2 Å². The summed E-state index contributed by atoms with van der Waals surface area (Å²) in [6.07, 6.45) is 0. The number of hydrogen-bond donors (Lipinski definition) is 1. The molecular weight excluding hydrogens is 567 g/mol. The third-order valence-corrected chi connectivity index (χ3v) is 7.76. The van der Waals surface area contributed by atoms with Gasteiger partial charge in [-0.3, -0.25) is 0 Å². The van der Waals surface area contributed by atoms with Crippen LogP contribution in [0.5, 0.6) is 0 Å². The molecule has 212 valence electrons. The summed E-state index contributed by atoms with van der Waals surface area (Å²) in [4.78, 5) is 24.5. The van der Waals surface area contributed by atoms with Crippen molar-refractivity contribution in [3.05, 3.63) is 130 Å². The van der Waals surface area contributed by atoms with Gasteiger partial charge < -0.3 is 15.0 Å². The van der Waals surface area contributed by atoms with Crippen molar-refractivity contribution >= 4 is 52.1 Å². The molecule has 5 aromatic rings. The highest BCUT2D eigenvalue weighted by atomic mass is 35.5. The van der Waals surface area contributed by atoms with Crippen molar-refractivity contribution < 1.29 is 13.9 Å². The van der Waals surface area contributed by atoms with Crippen molar-refractivity contribution in [2.75, 3.05) is 17.3 Å². The van der Waals surface area contributed by atoms with Crippen LogP contribution in [0.25, 0.3) is 5.69 Å². The molecule has 0 amide bonds. The number of aliphatic imine (C=N–C) groups is 2. The number of ether oxygens (including phenoxy) is 1. The third kappa shape index (κ3) is 4.54. The van der Waals surface area contributed by atoms with Crippen LogP contribution >= 0.6 is 11.6 Å².